The lowest BCUT2D eigenvalue weighted by molar-refractivity contribution is 0.0966. The van der Waals surface area contributed by atoms with Gasteiger partial charge in [0.2, 0.25) is 16.0 Å². The summed E-state index contributed by atoms with van der Waals surface area (Å²) < 4.78 is 26.0. The first-order valence-corrected chi connectivity index (χ1v) is 8.91. The van der Waals surface area contributed by atoms with Gasteiger partial charge in [-0.05, 0) is 24.3 Å². The predicted molar refractivity (Wildman–Crippen MR) is 89.8 cm³/mol. The minimum Gasteiger partial charge on any atom is -0.369 e. The largest absolute Gasteiger partial charge is 0.369 e. The van der Waals surface area contributed by atoms with Crippen LogP contribution in [-0.2, 0) is 16.6 Å². The number of fused-ring (bicyclic) bond motifs is 1. The Hall–Kier alpha value is -2.78. The molecule has 0 saturated heterocycles. The lowest BCUT2D eigenvalue weighted by Gasteiger charge is -2.07. The molecule has 0 spiro atoms. The second-order valence-electron chi connectivity index (χ2n) is 5.23. The number of benzene rings is 1. The van der Waals surface area contributed by atoms with Crippen molar-refractivity contribution in [2.75, 3.05) is 12.0 Å². The number of anilines is 1. The summed E-state index contributed by atoms with van der Waals surface area (Å²) in [4.78, 5) is 21.0. The number of sulfonamides is 1. The number of hydrogen-bond acceptors (Lipinski definition) is 6. The van der Waals surface area contributed by atoms with Crippen LogP contribution in [0.1, 0.15) is 16.1 Å². The van der Waals surface area contributed by atoms with Crippen LogP contribution in [0.15, 0.2) is 42.6 Å². The fourth-order valence-corrected chi connectivity index (χ4v) is 2.71. The zero-order valence-corrected chi connectivity index (χ0v) is 13.6. The number of nitrogens with one attached hydrogen (secondary N) is 1. The van der Waals surface area contributed by atoms with Crippen molar-refractivity contribution < 1.29 is 13.2 Å². The standard InChI is InChI=1S/C15H15N5O3S/c1-24(22,23)18-9-11-8-10(6-7-17-11)14(21)20-13-5-3-2-4-12(13)19-15(20)16/h2-8,18H,9H2,1H3,(H2,16,19). The maximum absolute atomic E-state index is 12.8. The fourth-order valence-electron chi connectivity index (χ4n) is 2.30. The quantitative estimate of drug-likeness (QED) is 0.720. The Kier molecular flexibility index (Phi) is 4.04. The molecule has 0 radical (unpaired) electrons. The molecule has 2 aromatic heterocycles. The van der Waals surface area contributed by atoms with Gasteiger partial charge in [-0.3, -0.25) is 9.78 Å². The number of nitrogens with zero attached hydrogens (tertiary/aromatic N) is 3. The summed E-state index contributed by atoms with van der Waals surface area (Å²) in [6.07, 6.45) is 2.50. The number of pyridine rings is 1. The van der Waals surface area contributed by atoms with Crippen molar-refractivity contribution >= 4 is 32.9 Å². The van der Waals surface area contributed by atoms with E-state index >= 15 is 0 Å². The van der Waals surface area contributed by atoms with Gasteiger partial charge in [-0.1, -0.05) is 12.1 Å². The molecule has 2 heterocycles. The molecule has 124 valence electrons. The topological polar surface area (TPSA) is 120 Å². The highest BCUT2D eigenvalue weighted by molar-refractivity contribution is 7.88. The molecule has 0 aliphatic carbocycles. The number of nitrogens with two attached hydrogens (primary N) is 1. The van der Waals surface area contributed by atoms with Gasteiger partial charge in [-0.2, -0.15) is 0 Å². The number of carbonyl (C=O) groups excluding carboxylic acids is 1. The molecule has 8 nitrogen and oxygen atoms in total. The van der Waals surface area contributed by atoms with E-state index in [1.165, 1.54) is 16.8 Å². The summed E-state index contributed by atoms with van der Waals surface area (Å²) in [6.45, 7) is 0.000111. The van der Waals surface area contributed by atoms with E-state index in [1.807, 2.05) is 6.07 Å². The average molecular weight is 345 g/mol. The smallest absolute Gasteiger partial charge is 0.265 e. The molecule has 3 N–H and O–H groups in total. The lowest BCUT2D eigenvalue weighted by atomic mass is 10.2. The third kappa shape index (κ3) is 3.26. The predicted octanol–water partition coefficient (Wildman–Crippen LogP) is 0.751. The van der Waals surface area contributed by atoms with Gasteiger partial charge in [0.25, 0.3) is 5.91 Å². The number of carbonyl (C=O) groups is 1. The van der Waals surface area contributed by atoms with Crippen LogP contribution in [0.2, 0.25) is 0 Å². The molecule has 24 heavy (non-hydrogen) atoms. The van der Waals surface area contributed by atoms with E-state index in [9.17, 15) is 13.2 Å². The zero-order chi connectivity index (χ0) is 17.3. The number of aromatic nitrogens is 3. The van der Waals surface area contributed by atoms with Crippen LogP contribution in [-0.4, -0.2) is 35.1 Å². The van der Waals surface area contributed by atoms with Crippen molar-refractivity contribution in [3.05, 3.63) is 53.9 Å². The van der Waals surface area contributed by atoms with Gasteiger partial charge in [0.05, 0.1) is 29.5 Å². The van der Waals surface area contributed by atoms with Crippen molar-refractivity contribution in [3.63, 3.8) is 0 Å². The number of hydrogen-bond donors (Lipinski definition) is 2. The monoisotopic (exact) mass is 345 g/mol. The van der Waals surface area contributed by atoms with Gasteiger partial charge >= 0.3 is 0 Å². The highest BCUT2D eigenvalue weighted by Gasteiger charge is 2.17. The van der Waals surface area contributed by atoms with E-state index in [-0.39, 0.29) is 18.4 Å². The molecule has 0 amide bonds. The lowest BCUT2D eigenvalue weighted by Crippen LogP contribution is -2.22. The average Bonchev–Trinajstić information content (AvgIpc) is 2.87. The Morgan fingerprint density at radius 1 is 1.29 bits per heavy atom. The number of rotatable bonds is 4. The highest BCUT2D eigenvalue weighted by atomic mass is 32.2. The van der Waals surface area contributed by atoms with Gasteiger partial charge in [0.1, 0.15) is 0 Å². The minimum atomic E-state index is -3.34. The molecule has 0 saturated carbocycles. The summed E-state index contributed by atoms with van der Waals surface area (Å²) >= 11 is 0. The molecule has 3 rings (SSSR count). The zero-order valence-electron chi connectivity index (χ0n) is 12.8. The van der Waals surface area contributed by atoms with Crippen LogP contribution < -0.4 is 10.5 Å². The number of para-hydroxylation sites is 2. The minimum absolute atomic E-state index is 0.000111. The van der Waals surface area contributed by atoms with E-state index in [1.54, 1.807) is 24.3 Å². The first-order chi connectivity index (χ1) is 11.3. The SMILES string of the molecule is CS(=O)(=O)NCc1cc(C(=O)n2c(N)nc3ccccc32)ccn1. The molecule has 3 aromatic rings. The van der Waals surface area contributed by atoms with Crippen molar-refractivity contribution in [2.45, 2.75) is 6.54 Å². The number of imidazole rings is 1. The molecule has 0 bridgehead atoms. The van der Waals surface area contributed by atoms with Gasteiger partial charge in [-0.15, -0.1) is 0 Å². The van der Waals surface area contributed by atoms with Crippen molar-refractivity contribution in [1.82, 2.24) is 19.3 Å². The highest BCUT2D eigenvalue weighted by Crippen LogP contribution is 2.19. The Balaban J connectivity index is 1.96. The second-order valence-corrected chi connectivity index (χ2v) is 7.06. The van der Waals surface area contributed by atoms with Crippen molar-refractivity contribution in [1.29, 1.82) is 0 Å². The Morgan fingerprint density at radius 3 is 2.79 bits per heavy atom. The Labute approximate surface area is 138 Å². The maximum Gasteiger partial charge on any atom is 0.265 e. The summed E-state index contributed by atoms with van der Waals surface area (Å²) in [5.74, 6) is -0.266. The van der Waals surface area contributed by atoms with Gasteiger partial charge in [0.15, 0.2) is 0 Å². The van der Waals surface area contributed by atoms with Crippen LogP contribution in [0.3, 0.4) is 0 Å². The molecule has 0 unspecified atom stereocenters. The molecule has 1 aromatic carbocycles. The molecule has 0 fully saturated rings. The first kappa shape index (κ1) is 16.1. The number of nitrogen functional groups attached to an aromatic ring is 1. The molecular formula is C15H15N5O3S. The summed E-state index contributed by atoms with van der Waals surface area (Å²) in [6, 6.07) is 10.2. The first-order valence-electron chi connectivity index (χ1n) is 7.02. The summed E-state index contributed by atoms with van der Waals surface area (Å²) in [5, 5.41) is 0. The van der Waals surface area contributed by atoms with Gasteiger partial charge in [-0.25, -0.2) is 22.7 Å². The van der Waals surface area contributed by atoms with Crippen LogP contribution in [0.4, 0.5) is 5.95 Å². The third-order valence-electron chi connectivity index (χ3n) is 3.37. The maximum atomic E-state index is 12.8. The van der Waals surface area contributed by atoms with Crippen molar-refractivity contribution in [2.24, 2.45) is 0 Å². The van der Waals surface area contributed by atoms with E-state index in [2.05, 4.69) is 14.7 Å². The van der Waals surface area contributed by atoms with Crippen LogP contribution in [0, 0.1) is 0 Å². The second kappa shape index (κ2) is 6.02. The van der Waals surface area contributed by atoms with E-state index in [0.717, 1.165) is 6.26 Å². The Morgan fingerprint density at radius 2 is 2.04 bits per heavy atom. The third-order valence-corrected chi connectivity index (χ3v) is 4.04. The molecule has 0 aliphatic heterocycles. The molecule has 0 aliphatic rings. The summed E-state index contributed by atoms with van der Waals surface area (Å²) in [5.41, 5.74) is 7.86. The van der Waals surface area contributed by atoms with Gasteiger partial charge < -0.3 is 5.73 Å². The molecule has 0 atom stereocenters. The summed E-state index contributed by atoms with van der Waals surface area (Å²) in [7, 11) is -3.34. The van der Waals surface area contributed by atoms with Crippen LogP contribution >= 0.6 is 0 Å². The van der Waals surface area contributed by atoms with Crippen LogP contribution in [0.5, 0.6) is 0 Å². The molecule has 9 heteroatoms. The van der Waals surface area contributed by atoms with E-state index in [4.69, 9.17) is 5.73 Å². The van der Waals surface area contributed by atoms with E-state index in [0.29, 0.717) is 22.3 Å². The fraction of sp³-hybridized carbons (Fsp3) is 0.133. The van der Waals surface area contributed by atoms with Gasteiger partial charge in [0, 0.05) is 11.8 Å². The normalized spacial score (nSPS) is 11.7. The molecular weight excluding hydrogens is 330 g/mol. The van der Waals surface area contributed by atoms with Crippen LogP contribution in [0.25, 0.3) is 11.0 Å². The van der Waals surface area contributed by atoms with E-state index < -0.39 is 10.0 Å². The van der Waals surface area contributed by atoms with Crippen molar-refractivity contribution in [3.8, 4) is 0 Å². The Bertz CT molecular complexity index is 1030.